The second-order valence-electron chi connectivity index (χ2n) is 5.53. The van der Waals surface area contributed by atoms with E-state index in [0.29, 0.717) is 6.54 Å². The van der Waals surface area contributed by atoms with E-state index in [1.807, 2.05) is 13.8 Å². The molecule has 1 saturated heterocycles. The van der Waals surface area contributed by atoms with Crippen LogP contribution in [0.4, 0.5) is 0 Å². The molecule has 17 heavy (non-hydrogen) atoms. The van der Waals surface area contributed by atoms with Gasteiger partial charge in [0.15, 0.2) is 0 Å². The Morgan fingerprint density at radius 2 is 2.06 bits per heavy atom. The zero-order valence-corrected chi connectivity index (χ0v) is 11.3. The van der Waals surface area contributed by atoms with Crippen LogP contribution in [-0.4, -0.2) is 47.2 Å². The monoisotopic (exact) mass is 242 g/mol. The summed E-state index contributed by atoms with van der Waals surface area (Å²) in [5.74, 6) is 0.104. The summed E-state index contributed by atoms with van der Waals surface area (Å²) in [4.78, 5) is 13.9. The van der Waals surface area contributed by atoms with Crippen molar-refractivity contribution < 1.29 is 9.90 Å². The highest BCUT2D eigenvalue weighted by atomic mass is 16.3. The average Bonchev–Trinajstić information content (AvgIpc) is 2.21. The summed E-state index contributed by atoms with van der Waals surface area (Å²) >= 11 is 0. The second kappa shape index (κ2) is 6.36. The van der Waals surface area contributed by atoms with Gasteiger partial charge in [-0.3, -0.25) is 9.69 Å². The lowest BCUT2D eigenvalue weighted by Gasteiger charge is -2.35. The predicted octanol–water partition coefficient (Wildman–Crippen LogP) is 1.14. The maximum absolute atomic E-state index is 11.7. The molecule has 1 fully saturated rings. The number of nitrogens with one attached hydrogen (secondary N) is 1. The summed E-state index contributed by atoms with van der Waals surface area (Å²) in [6.45, 7) is 8.11. The number of aliphatic hydroxyl groups is 1. The molecule has 0 saturated carbocycles. The Labute approximate surface area is 104 Å². The van der Waals surface area contributed by atoms with Gasteiger partial charge in [-0.25, -0.2) is 0 Å². The molecule has 4 nitrogen and oxygen atoms in total. The average molecular weight is 242 g/mol. The summed E-state index contributed by atoms with van der Waals surface area (Å²) in [6.07, 6.45) is 3.63. The minimum Gasteiger partial charge on any atom is -0.390 e. The molecule has 100 valence electrons. The standard InChI is InChI=1S/C13H26N2O2/c1-4-5-11(2)14-12(16)10-15-8-6-13(3,17)7-9-15/h11,17H,4-10H2,1-3H3,(H,14,16). The van der Waals surface area contributed by atoms with Gasteiger partial charge in [0.1, 0.15) is 0 Å². The van der Waals surface area contributed by atoms with E-state index in [9.17, 15) is 9.90 Å². The number of hydrogen-bond donors (Lipinski definition) is 2. The third-order valence-electron chi connectivity index (χ3n) is 3.43. The van der Waals surface area contributed by atoms with Crippen molar-refractivity contribution in [3.05, 3.63) is 0 Å². The molecule has 1 heterocycles. The molecule has 1 amide bonds. The molecule has 0 aromatic rings. The van der Waals surface area contributed by atoms with Crippen molar-refractivity contribution in [3.8, 4) is 0 Å². The van der Waals surface area contributed by atoms with Crippen molar-refractivity contribution in [3.63, 3.8) is 0 Å². The van der Waals surface area contributed by atoms with Gasteiger partial charge in [-0.05, 0) is 33.1 Å². The van der Waals surface area contributed by atoms with E-state index in [0.717, 1.165) is 38.8 Å². The summed E-state index contributed by atoms with van der Waals surface area (Å²) in [7, 11) is 0. The molecule has 1 aliphatic rings. The van der Waals surface area contributed by atoms with Gasteiger partial charge in [-0.1, -0.05) is 13.3 Å². The zero-order chi connectivity index (χ0) is 12.9. The minimum absolute atomic E-state index is 0.104. The maximum atomic E-state index is 11.7. The Bertz CT molecular complexity index is 244. The van der Waals surface area contributed by atoms with E-state index in [2.05, 4.69) is 17.1 Å². The second-order valence-corrected chi connectivity index (χ2v) is 5.53. The lowest BCUT2D eigenvalue weighted by Crippen LogP contribution is -2.47. The van der Waals surface area contributed by atoms with Crippen LogP contribution in [0.15, 0.2) is 0 Å². The largest absolute Gasteiger partial charge is 0.390 e. The van der Waals surface area contributed by atoms with Crippen molar-refractivity contribution in [1.29, 1.82) is 0 Å². The number of carbonyl (C=O) groups is 1. The van der Waals surface area contributed by atoms with E-state index in [1.165, 1.54) is 0 Å². The topological polar surface area (TPSA) is 52.6 Å². The first-order chi connectivity index (χ1) is 7.93. The van der Waals surface area contributed by atoms with Crippen LogP contribution < -0.4 is 5.32 Å². The molecule has 0 aromatic heterocycles. The summed E-state index contributed by atoms with van der Waals surface area (Å²) in [6, 6.07) is 0.264. The lowest BCUT2D eigenvalue weighted by atomic mass is 9.94. The quantitative estimate of drug-likeness (QED) is 0.760. The van der Waals surface area contributed by atoms with Gasteiger partial charge >= 0.3 is 0 Å². The number of amides is 1. The van der Waals surface area contributed by atoms with Gasteiger partial charge in [-0.15, -0.1) is 0 Å². The highest BCUT2D eigenvalue weighted by molar-refractivity contribution is 5.78. The van der Waals surface area contributed by atoms with Crippen LogP contribution in [0.2, 0.25) is 0 Å². The van der Waals surface area contributed by atoms with Gasteiger partial charge in [-0.2, -0.15) is 0 Å². The first-order valence-electron chi connectivity index (χ1n) is 6.67. The Kier molecular flexibility index (Phi) is 5.40. The van der Waals surface area contributed by atoms with Crippen LogP contribution in [-0.2, 0) is 4.79 Å². The van der Waals surface area contributed by atoms with Crippen LogP contribution >= 0.6 is 0 Å². The Balaban J connectivity index is 2.23. The zero-order valence-electron chi connectivity index (χ0n) is 11.3. The molecule has 1 atom stereocenters. The normalized spacial score (nSPS) is 22.1. The highest BCUT2D eigenvalue weighted by Gasteiger charge is 2.28. The lowest BCUT2D eigenvalue weighted by molar-refractivity contribution is -0.124. The fourth-order valence-electron chi connectivity index (χ4n) is 2.22. The van der Waals surface area contributed by atoms with Crippen LogP contribution in [0.3, 0.4) is 0 Å². The third kappa shape index (κ3) is 5.50. The van der Waals surface area contributed by atoms with Crippen molar-refractivity contribution in [2.24, 2.45) is 0 Å². The van der Waals surface area contributed by atoms with Crippen LogP contribution in [0.5, 0.6) is 0 Å². The Hall–Kier alpha value is -0.610. The van der Waals surface area contributed by atoms with Crippen molar-refractivity contribution in [2.45, 2.75) is 58.1 Å². The Morgan fingerprint density at radius 1 is 1.47 bits per heavy atom. The van der Waals surface area contributed by atoms with E-state index >= 15 is 0 Å². The number of hydrogen-bond acceptors (Lipinski definition) is 3. The molecular formula is C13H26N2O2. The third-order valence-corrected chi connectivity index (χ3v) is 3.43. The van der Waals surface area contributed by atoms with Crippen LogP contribution in [0.1, 0.15) is 46.5 Å². The molecule has 2 N–H and O–H groups in total. The molecule has 0 spiro atoms. The van der Waals surface area contributed by atoms with Gasteiger partial charge in [0.2, 0.25) is 5.91 Å². The number of carbonyl (C=O) groups excluding carboxylic acids is 1. The highest BCUT2D eigenvalue weighted by Crippen LogP contribution is 2.20. The molecule has 0 bridgehead atoms. The van der Waals surface area contributed by atoms with Crippen molar-refractivity contribution in [1.82, 2.24) is 10.2 Å². The van der Waals surface area contributed by atoms with Crippen LogP contribution in [0.25, 0.3) is 0 Å². The molecule has 4 heteroatoms. The fourth-order valence-corrected chi connectivity index (χ4v) is 2.22. The predicted molar refractivity (Wildman–Crippen MR) is 68.8 cm³/mol. The van der Waals surface area contributed by atoms with Gasteiger partial charge in [0.05, 0.1) is 12.1 Å². The first kappa shape index (κ1) is 14.5. The molecule has 0 aliphatic carbocycles. The Morgan fingerprint density at radius 3 is 2.59 bits per heavy atom. The fraction of sp³-hybridized carbons (Fsp3) is 0.923. The maximum Gasteiger partial charge on any atom is 0.234 e. The SMILES string of the molecule is CCCC(C)NC(=O)CN1CCC(C)(O)CC1. The molecule has 1 unspecified atom stereocenters. The number of piperidine rings is 1. The van der Waals surface area contributed by atoms with Crippen molar-refractivity contribution >= 4 is 5.91 Å². The number of rotatable bonds is 5. The summed E-state index contributed by atoms with van der Waals surface area (Å²) in [5.41, 5.74) is -0.539. The minimum atomic E-state index is -0.539. The van der Waals surface area contributed by atoms with Gasteiger partial charge in [0, 0.05) is 19.1 Å². The number of nitrogens with zero attached hydrogens (tertiary/aromatic N) is 1. The van der Waals surface area contributed by atoms with E-state index in [4.69, 9.17) is 0 Å². The smallest absolute Gasteiger partial charge is 0.234 e. The summed E-state index contributed by atoms with van der Waals surface area (Å²) in [5, 5.41) is 12.8. The molecule has 0 radical (unpaired) electrons. The molecule has 1 aliphatic heterocycles. The number of likely N-dealkylation sites (tertiary alicyclic amines) is 1. The van der Waals surface area contributed by atoms with Crippen molar-refractivity contribution in [2.75, 3.05) is 19.6 Å². The van der Waals surface area contributed by atoms with Crippen LogP contribution in [0, 0.1) is 0 Å². The molecular weight excluding hydrogens is 216 g/mol. The summed E-state index contributed by atoms with van der Waals surface area (Å²) < 4.78 is 0. The van der Waals surface area contributed by atoms with Gasteiger partial charge in [0.25, 0.3) is 0 Å². The van der Waals surface area contributed by atoms with E-state index < -0.39 is 5.60 Å². The first-order valence-corrected chi connectivity index (χ1v) is 6.67. The molecule has 0 aromatic carbocycles. The van der Waals surface area contributed by atoms with Gasteiger partial charge < -0.3 is 10.4 Å². The molecule has 1 rings (SSSR count). The van der Waals surface area contributed by atoms with E-state index in [1.54, 1.807) is 0 Å². The van der Waals surface area contributed by atoms with E-state index in [-0.39, 0.29) is 11.9 Å².